The average molecular weight is 519 g/mol. The molecule has 0 aliphatic carbocycles. The Hall–Kier alpha value is -3.32. The van der Waals surface area contributed by atoms with Crippen LogP contribution in [0, 0.1) is 12.7 Å². The number of aromatic nitrogens is 2. The summed E-state index contributed by atoms with van der Waals surface area (Å²) in [6.07, 6.45) is -4.80. The lowest BCUT2D eigenvalue weighted by atomic mass is 10.00. The van der Waals surface area contributed by atoms with Crippen LogP contribution in [0.2, 0.25) is 0 Å². The lowest BCUT2D eigenvalue weighted by Gasteiger charge is -2.21. The third kappa shape index (κ3) is 6.26. The lowest BCUT2D eigenvalue weighted by molar-refractivity contribution is -0.325. The van der Waals surface area contributed by atoms with Gasteiger partial charge in [-0.25, -0.2) is 14.4 Å². The van der Waals surface area contributed by atoms with Gasteiger partial charge in [-0.15, -0.1) is 13.2 Å². The van der Waals surface area contributed by atoms with Gasteiger partial charge in [0.05, 0.1) is 30.8 Å². The van der Waals surface area contributed by atoms with Gasteiger partial charge < -0.3 is 19.9 Å². The van der Waals surface area contributed by atoms with Crippen molar-refractivity contribution in [3.05, 3.63) is 53.1 Å². The molecule has 0 aliphatic heterocycles. The number of anilines is 1. The second-order valence-corrected chi connectivity index (χ2v) is 7.72. The zero-order valence-electron chi connectivity index (χ0n) is 19.4. The zero-order chi connectivity index (χ0) is 26.7. The fraction of sp³-hybridized carbons (Fsp3) is 0.391. The Balaban J connectivity index is 1.95. The standard InChI is InChI=1S/C23H23F6N3O4/c1-12(14-5-4-6-16(20(14)24)22(25,26)11-33)30-21-15-9-19(35-7-8-36-23(27,28)29)18(34-3)10-17(15)31-13(2)32-21/h4-6,9-10,12,33H,7-8,11H2,1-3H3,(H,30,31,32)/t12-/m1/s1. The van der Waals surface area contributed by atoms with Crippen molar-refractivity contribution >= 4 is 16.7 Å². The van der Waals surface area contributed by atoms with Crippen LogP contribution < -0.4 is 14.8 Å². The highest BCUT2D eigenvalue weighted by Crippen LogP contribution is 2.37. The average Bonchev–Trinajstić information content (AvgIpc) is 2.80. The number of rotatable bonds is 10. The van der Waals surface area contributed by atoms with Crippen LogP contribution in [0.15, 0.2) is 30.3 Å². The van der Waals surface area contributed by atoms with Gasteiger partial charge in [0.1, 0.15) is 30.7 Å². The highest BCUT2D eigenvalue weighted by molar-refractivity contribution is 5.92. The molecular formula is C23H23F6N3O4. The van der Waals surface area contributed by atoms with Crippen molar-refractivity contribution in [2.24, 2.45) is 0 Å². The number of aryl methyl sites for hydroxylation is 1. The maximum Gasteiger partial charge on any atom is 0.522 e. The third-order valence-corrected chi connectivity index (χ3v) is 5.14. The fourth-order valence-corrected chi connectivity index (χ4v) is 3.48. The Morgan fingerprint density at radius 2 is 1.78 bits per heavy atom. The number of benzene rings is 2. The Bertz CT molecular complexity index is 1220. The Morgan fingerprint density at radius 1 is 1.06 bits per heavy atom. The number of hydrogen-bond donors (Lipinski definition) is 2. The molecule has 0 aliphatic rings. The second-order valence-electron chi connectivity index (χ2n) is 7.72. The van der Waals surface area contributed by atoms with Crippen LogP contribution in [0.25, 0.3) is 10.9 Å². The summed E-state index contributed by atoms with van der Waals surface area (Å²) in [7, 11) is 1.34. The highest BCUT2D eigenvalue weighted by atomic mass is 19.4. The molecule has 2 aromatic carbocycles. The summed E-state index contributed by atoms with van der Waals surface area (Å²) in [4.78, 5) is 8.62. The molecule has 13 heteroatoms. The molecule has 1 heterocycles. The summed E-state index contributed by atoms with van der Waals surface area (Å²) in [6, 6.07) is 5.52. The van der Waals surface area contributed by atoms with Crippen molar-refractivity contribution in [2.75, 3.05) is 32.2 Å². The molecular weight excluding hydrogens is 496 g/mol. The van der Waals surface area contributed by atoms with Crippen LogP contribution in [-0.2, 0) is 10.7 Å². The zero-order valence-corrected chi connectivity index (χ0v) is 19.4. The largest absolute Gasteiger partial charge is 0.522 e. The van der Waals surface area contributed by atoms with Crippen molar-refractivity contribution in [1.29, 1.82) is 0 Å². The minimum absolute atomic E-state index is 0.0784. The Morgan fingerprint density at radius 3 is 2.42 bits per heavy atom. The predicted octanol–water partition coefficient (Wildman–Crippen LogP) is 5.26. The maximum atomic E-state index is 14.9. The van der Waals surface area contributed by atoms with Gasteiger partial charge in [-0.1, -0.05) is 12.1 Å². The van der Waals surface area contributed by atoms with Crippen molar-refractivity contribution in [3.8, 4) is 11.5 Å². The maximum absolute atomic E-state index is 14.9. The molecule has 0 fully saturated rings. The molecule has 0 unspecified atom stereocenters. The highest BCUT2D eigenvalue weighted by Gasteiger charge is 2.35. The monoisotopic (exact) mass is 519 g/mol. The van der Waals surface area contributed by atoms with Gasteiger partial charge in [0.2, 0.25) is 0 Å². The Labute approximate surface area is 202 Å². The van der Waals surface area contributed by atoms with Crippen LogP contribution in [-0.4, -0.2) is 48.4 Å². The van der Waals surface area contributed by atoms with Crippen molar-refractivity contribution in [1.82, 2.24) is 9.97 Å². The van der Waals surface area contributed by atoms with Gasteiger partial charge in [0.25, 0.3) is 5.92 Å². The number of halogens is 6. The van der Waals surface area contributed by atoms with E-state index in [9.17, 15) is 26.3 Å². The van der Waals surface area contributed by atoms with E-state index in [1.54, 1.807) is 6.92 Å². The number of nitrogens with zero attached hydrogens (tertiary/aromatic N) is 2. The smallest absolute Gasteiger partial charge is 0.493 e. The summed E-state index contributed by atoms with van der Waals surface area (Å²) in [5.41, 5.74) is -0.658. The third-order valence-electron chi connectivity index (χ3n) is 5.14. The number of methoxy groups -OCH3 is 1. The number of fused-ring (bicyclic) bond motifs is 1. The summed E-state index contributed by atoms with van der Waals surface area (Å²) >= 11 is 0. The molecule has 0 amide bonds. The molecule has 7 nitrogen and oxygen atoms in total. The van der Waals surface area contributed by atoms with E-state index in [0.29, 0.717) is 16.7 Å². The van der Waals surface area contributed by atoms with Gasteiger partial charge in [0.15, 0.2) is 11.5 Å². The normalized spacial score (nSPS) is 13.1. The molecule has 3 rings (SSSR count). The second kappa shape index (κ2) is 10.7. The molecule has 3 aromatic rings. The van der Waals surface area contributed by atoms with E-state index >= 15 is 0 Å². The molecule has 0 radical (unpaired) electrons. The van der Waals surface area contributed by atoms with Crippen LogP contribution in [0.1, 0.15) is 29.9 Å². The van der Waals surface area contributed by atoms with Crippen LogP contribution >= 0.6 is 0 Å². The van der Waals surface area contributed by atoms with E-state index in [2.05, 4.69) is 20.0 Å². The molecule has 2 N–H and O–H groups in total. The first-order valence-corrected chi connectivity index (χ1v) is 10.6. The first kappa shape index (κ1) is 27.3. The van der Waals surface area contributed by atoms with Gasteiger partial charge in [0, 0.05) is 17.0 Å². The summed E-state index contributed by atoms with van der Waals surface area (Å²) in [6.45, 7) is 0.376. The van der Waals surface area contributed by atoms with E-state index < -0.39 is 49.5 Å². The predicted molar refractivity (Wildman–Crippen MR) is 118 cm³/mol. The summed E-state index contributed by atoms with van der Waals surface area (Å²) < 4.78 is 93.8. The minimum atomic E-state index is -4.80. The molecule has 1 aromatic heterocycles. The number of alkyl halides is 5. The Kier molecular flexibility index (Phi) is 8.14. The number of ether oxygens (including phenoxy) is 3. The van der Waals surface area contributed by atoms with E-state index in [1.165, 1.54) is 38.3 Å². The van der Waals surface area contributed by atoms with Crippen LogP contribution in [0.4, 0.5) is 32.2 Å². The molecule has 0 saturated carbocycles. The molecule has 1 atom stereocenters. The van der Waals surface area contributed by atoms with Crippen LogP contribution in [0.5, 0.6) is 11.5 Å². The number of aliphatic hydroxyl groups excluding tert-OH is 1. The molecule has 0 spiro atoms. The topological polar surface area (TPSA) is 85.7 Å². The lowest BCUT2D eigenvalue weighted by Crippen LogP contribution is -2.22. The molecule has 196 valence electrons. The number of nitrogens with one attached hydrogen (secondary N) is 1. The summed E-state index contributed by atoms with van der Waals surface area (Å²) in [5, 5.41) is 12.3. The first-order chi connectivity index (χ1) is 16.9. The van der Waals surface area contributed by atoms with Gasteiger partial charge in [-0.05, 0) is 26.0 Å². The van der Waals surface area contributed by atoms with Gasteiger partial charge in [-0.2, -0.15) is 8.78 Å². The van der Waals surface area contributed by atoms with Crippen molar-refractivity contribution in [2.45, 2.75) is 32.2 Å². The van der Waals surface area contributed by atoms with Crippen LogP contribution in [0.3, 0.4) is 0 Å². The summed E-state index contributed by atoms with van der Waals surface area (Å²) in [5.74, 6) is -4.15. The molecule has 36 heavy (non-hydrogen) atoms. The quantitative estimate of drug-likeness (QED) is 0.279. The fourth-order valence-electron chi connectivity index (χ4n) is 3.48. The molecule has 0 saturated heterocycles. The number of hydrogen-bond acceptors (Lipinski definition) is 7. The SMILES string of the molecule is COc1cc2nc(C)nc(N[C@H](C)c3cccc(C(F)(F)CO)c3F)c2cc1OCCOC(F)(F)F. The molecule has 0 bridgehead atoms. The van der Waals surface area contributed by atoms with E-state index in [4.69, 9.17) is 14.6 Å². The number of aliphatic hydroxyl groups is 1. The van der Waals surface area contributed by atoms with Crippen molar-refractivity contribution < 1.29 is 45.7 Å². The minimum Gasteiger partial charge on any atom is -0.493 e. The van der Waals surface area contributed by atoms with E-state index in [1.807, 2.05) is 0 Å². The van der Waals surface area contributed by atoms with E-state index in [0.717, 1.165) is 6.07 Å². The van der Waals surface area contributed by atoms with Gasteiger partial charge in [-0.3, -0.25) is 4.74 Å². The first-order valence-electron chi connectivity index (χ1n) is 10.6. The van der Waals surface area contributed by atoms with Crippen molar-refractivity contribution in [3.63, 3.8) is 0 Å². The van der Waals surface area contributed by atoms with E-state index in [-0.39, 0.29) is 22.9 Å². The van der Waals surface area contributed by atoms with Gasteiger partial charge >= 0.3 is 6.36 Å².